The first-order valence-corrected chi connectivity index (χ1v) is 6.25. The normalized spacial score (nSPS) is 10.8. The molecule has 5 heteroatoms. The van der Waals surface area contributed by atoms with E-state index in [0.29, 0.717) is 11.4 Å². The molecule has 3 rings (SSSR count). The summed E-state index contributed by atoms with van der Waals surface area (Å²) < 4.78 is 1.85. The lowest BCUT2D eigenvalue weighted by molar-refractivity contribution is -0.136. The molecule has 3 aromatic rings. The molecule has 0 saturated carbocycles. The third-order valence-electron chi connectivity index (χ3n) is 3.14. The van der Waals surface area contributed by atoms with Gasteiger partial charge in [-0.2, -0.15) is 0 Å². The second kappa shape index (κ2) is 4.77. The molecule has 0 radical (unpaired) electrons. The zero-order chi connectivity index (χ0) is 14.1. The zero-order valence-electron chi connectivity index (χ0n) is 10.9. The molecule has 1 N–H and O–H groups in total. The first-order valence-electron chi connectivity index (χ1n) is 6.25. The summed E-state index contributed by atoms with van der Waals surface area (Å²) in [5.41, 5.74) is 4.06. The maximum atomic E-state index is 11.1. The molecule has 0 atom stereocenters. The van der Waals surface area contributed by atoms with Crippen LogP contribution in [0.2, 0.25) is 0 Å². The van der Waals surface area contributed by atoms with Gasteiger partial charge in [-0.05, 0) is 30.7 Å². The first kappa shape index (κ1) is 12.3. The standard InChI is InChI=1S/C15H13N3O2/c1-10-2-3-13-17-15(11-4-6-16-7-5-11)12(8-14(19)20)18(13)9-10/h2-7,9H,8H2,1H3,(H,19,20). The number of hydrogen-bond donors (Lipinski definition) is 1. The van der Waals surface area contributed by atoms with Crippen LogP contribution in [-0.2, 0) is 11.2 Å². The number of aryl methyl sites for hydroxylation is 1. The van der Waals surface area contributed by atoms with Crippen molar-refractivity contribution in [3.05, 3.63) is 54.1 Å². The van der Waals surface area contributed by atoms with Crippen LogP contribution in [0.4, 0.5) is 0 Å². The molecule has 20 heavy (non-hydrogen) atoms. The average molecular weight is 267 g/mol. The maximum Gasteiger partial charge on any atom is 0.309 e. The number of carbonyl (C=O) groups is 1. The summed E-state index contributed by atoms with van der Waals surface area (Å²) in [5.74, 6) is -0.872. The van der Waals surface area contributed by atoms with E-state index in [1.54, 1.807) is 12.4 Å². The van der Waals surface area contributed by atoms with Crippen molar-refractivity contribution in [1.29, 1.82) is 0 Å². The summed E-state index contributed by atoms with van der Waals surface area (Å²) in [6.45, 7) is 1.97. The molecule has 0 unspecified atom stereocenters. The van der Waals surface area contributed by atoms with E-state index in [4.69, 9.17) is 5.11 Å². The Morgan fingerprint density at radius 1 is 1.25 bits per heavy atom. The fourth-order valence-electron chi connectivity index (χ4n) is 2.25. The van der Waals surface area contributed by atoms with Gasteiger partial charge in [0.2, 0.25) is 0 Å². The van der Waals surface area contributed by atoms with Crippen LogP contribution in [0.1, 0.15) is 11.3 Å². The molecule has 100 valence electrons. The minimum atomic E-state index is -0.872. The van der Waals surface area contributed by atoms with E-state index < -0.39 is 5.97 Å². The largest absolute Gasteiger partial charge is 0.481 e. The van der Waals surface area contributed by atoms with Gasteiger partial charge in [-0.25, -0.2) is 4.98 Å². The van der Waals surface area contributed by atoms with Crippen molar-refractivity contribution in [2.24, 2.45) is 0 Å². The summed E-state index contributed by atoms with van der Waals surface area (Å²) in [4.78, 5) is 19.7. The van der Waals surface area contributed by atoms with Gasteiger partial charge in [-0.15, -0.1) is 0 Å². The third-order valence-corrected chi connectivity index (χ3v) is 3.14. The zero-order valence-corrected chi connectivity index (χ0v) is 10.9. The van der Waals surface area contributed by atoms with E-state index >= 15 is 0 Å². The predicted octanol–water partition coefficient (Wildman–Crippen LogP) is 2.33. The van der Waals surface area contributed by atoms with Gasteiger partial charge in [0.15, 0.2) is 0 Å². The summed E-state index contributed by atoms with van der Waals surface area (Å²) in [7, 11) is 0. The molecular weight excluding hydrogens is 254 g/mol. The molecule has 0 aliphatic rings. The number of imidazole rings is 1. The van der Waals surface area contributed by atoms with E-state index in [-0.39, 0.29) is 6.42 Å². The molecular formula is C15H13N3O2. The van der Waals surface area contributed by atoms with Gasteiger partial charge in [0.25, 0.3) is 0 Å². The van der Waals surface area contributed by atoms with E-state index in [1.165, 1.54) is 0 Å². The van der Waals surface area contributed by atoms with Gasteiger partial charge >= 0.3 is 5.97 Å². The molecule has 0 fully saturated rings. The lowest BCUT2D eigenvalue weighted by atomic mass is 10.1. The molecule has 0 saturated heterocycles. The second-order valence-electron chi connectivity index (χ2n) is 4.65. The third kappa shape index (κ3) is 2.14. The van der Waals surface area contributed by atoms with Crippen molar-refractivity contribution in [1.82, 2.24) is 14.4 Å². The Morgan fingerprint density at radius 2 is 2.00 bits per heavy atom. The molecule has 5 nitrogen and oxygen atoms in total. The summed E-state index contributed by atoms with van der Waals surface area (Å²) in [6, 6.07) is 7.52. The lowest BCUT2D eigenvalue weighted by Gasteiger charge is -2.03. The van der Waals surface area contributed by atoms with Gasteiger partial charge in [0.1, 0.15) is 5.65 Å². The van der Waals surface area contributed by atoms with E-state index in [1.807, 2.05) is 41.8 Å². The van der Waals surface area contributed by atoms with Crippen molar-refractivity contribution in [2.75, 3.05) is 0 Å². The number of aromatic nitrogens is 3. The molecule has 0 spiro atoms. The van der Waals surface area contributed by atoms with Crippen molar-refractivity contribution in [3.8, 4) is 11.3 Å². The minimum Gasteiger partial charge on any atom is -0.481 e. The predicted molar refractivity (Wildman–Crippen MR) is 74.5 cm³/mol. The number of carboxylic acids is 1. The smallest absolute Gasteiger partial charge is 0.309 e. The van der Waals surface area contributed by atoms with Crippen LogP contribution in [0.15, 0.2) is 42.9 Å². The fourth-order valence-corrected chi connectivity index (χ4v) is 2.25. The van der Waals surface area contributed by atoms with Gasteiger partial charge < -0.3 is 9.51 Å². The van der Waals surface area contributed by atoms with Crippen LogP contribution in [0.5, 0.6) is 0 Å². The van der Waals surface area contributed by atoms with Crippen molar-refractivity contribution in [3.63, 3.8) is 0 Å². The van der Waals surface area contributed by atoms with Crippen LogP contribution in [0, 0.1) is 6.92 Å². The molecule has 0 aromatic carbocycles. The van der Waals surface area contributed by atoms with Gasteiger partial charge in [0, 0.05) is 24.2 Å². The highest BCUT2D eigenvalue weighted by Gasteiger charge is 2.16. The molecule has 3 heterocycles. The first-order chi connectivity index (χ1) is 9.65. The lowest BCUT2D eigenvalue weighted by Crippen LogP contribution is -2.05. The van der Waals surface area contributed by atoms with Gasteiger partial charge in [-0.1, -0.05) is 6.07 Å². The number of carboxylic acid groups (broad SMARTS) is 1. The molecule has 0 aliphatic carbocycles. The second-order valence-corrected chi connectivity index (χ2v) is 4.65. The number of aliphatic carboxylic acids is 1. The minimum absolute atomic E-state index is 0.0672. The summed E-state index contributed by atoms with van der Waals surface area (Å²) in [6.07, 6.45) is 5.19. The monoisotopic (exact) mass is 267 g/mol. The van der Waals surface area contributed by atoms with Crippen molar-refractivity contribution in [2.45, 2.75) is 13.3 Å². The molecule has 0 aliphatic heterocycles. The Balaban J connectivity index is 2.28. The Hall–Kier alpha value is -2.69. The summed E-state index contributed by atoms with van der Waals surface area (Å²) >= 11 is 0. The van der Waals surface area contributed by atoms with E-state index in [9.17, 15) is 4.79 Å². The molecule has 0 amide bonds. The van der Waals surface area contributed by atoms with Crippen molar-refractivity contribution >= 4 is 11.6 Å². The molecule has 0 bridgehead atoms. The van der Waals surface area contributed by atoms with Crippen molar-refractivity contribution < 1.29 is 9.90 Å². The van der Waals surface area contributed by atoms with Crippen LogP contribution < -0.4 is 0 Å². The van der Waals surface area contributed by atoms with Crippen LogP contribution in [-0.4, -0.2) is 25.4 Å². The van der Waals surface area contributed by atoms with Crippen LogP contribution in [0.3, 0.4) is 0 Å². The number of pyridine rings is 2. The fraction of sp³-hybridized carbons (Fsp3) is 0.133. The number of fused-ring (bicyclic) bond motifs is 1. The Kier molecular flexibility index (Phi) is 2.95. The number of hydrogen-bond acceptors (Lipinski definition) is 3. The highest BCUT2D eigenvalue weighted by atomic mass is 16.4. The Labute approximate surface area is 115 Å². The molecule has 3 aromatic heterocycles. The van der Waals surface area contributed by atoms with Gasteiger partial charge in [0.05, 0.1) is 17.8 Å². The quantitative estimate of drug-likeness (QED) is 0.790. The topological polar surface area (TPSA) is 67.5 Å². The van der Waals surface area contributed by atoms with E-state index in [2.05, 4.69) is 9.97 Å². The Bertz CT molecular complexity index is 778. The van der Waals surface area contributed by atoms with Crippen LogP contribution >= 0.6 is 0 Å². The SMILES string of the molecule is Cc1ccc2nc(-c3ccncc3)c(CC(=O)O)n2c1. The average Bonchev–Trinajstić information content (AvgIpc) is 2.77. The van der Waals surface area contributed by atoms with E-state index in [0.717, 1.165) is 16.8 Å². The number of rotatable bonds is 3. The Morgan fingerprint density at radius 3 is 2.70 bits per heavy atom. The summed E-state index contributed by atoms with van der Waals surface area (Å²) in [5, 5.41) is 9.13. The van der Waals surface area contributed by atoms with Gasteiger partial charge in [-0.3, -0.25) is 9.78 Å². The van der Waals surface area contributed by atoms with Crippen LogP contribution in [0.25, 0.3) is 16.9 Å². The highest BCUT2D eigenvalue weighted by Crippen LogP contribution is 2.24. The maximum absolute atomic E-state index is 11.1. The highest BCUT2D eigenvalue weighted by molar-refractivity contribution is 5.75. The number of nitrogens with zero attached hydrogens (tertiary/aromatic N) is 3.